The minimum absolute atomic E-state index is 1.17. The molecule has 0 spiro atoms. The molecule has 0 fully saturated rings. The first-order valence-corrected chi connectivity index (χ1v) is 17.7. The largest absolute Gasteiger partial charge is 0.0916 e. The Morgan fingerprint density at radius 3 is 1.12 bits per heavy atom. The predicted octanol–water partition coefficient (Wildman–Crippen LogP) is 8.53. The molecule has 0 saturated carbocycles. The SMILES string of the molecule is CCCCCCC(=C[Si](C)(C)C)C(=C[Si](C)(C)C)CCCCCC. The maximum Gasteiger partial charge on any atom is 0.0690 e. The van der Waals surface area contributed by atoms with Crippen LogP contribution < -0.4 is 0 Å². The molecule has 0 unspecified atom stereocenters. The molecule has 2 heteroatoms. The molecule has 0 rings (SSSR count). The molecule has 0 N–H and O–H groups in total. The lowest BCUT2D eigenvalue weighted by Crippen LogP contribution is -2.20. The highest BCUT2D eigenvalue weighted by molar-refractivity contribution is 6.82. The van der Waals surface area contributed by atoms with Crippen LogP contribution in [0.5, 0.6) is 0 Å². The minimum Gasteiger partial charge on any atom is -0.0916 e. The lowest BCUT2D eigenvalue weighted by atomic mass is 9.97. The van der Waals surface area contributed by atoms with Crippen molar-refractivity contribution in [3.63, 3.8) is 0 Å². The van der Waals surface area contributed by atoms with E-state index in [-0.39, 0.29) is 0 Å². The molecule has 0 saturated heterocycles. The van der Waals surface area contributed by atoms with Crippen molar-refractivity contribution >= 4 is 16.1 Å². The molecule has 0 nitrogen and oxygen atoms in total. The summed E-state index contributed by atoms with van der Waals surface area (Å²) in [7, 11) is -2.34. The van der Waals surface area contributed by atoms with E-state index in [0.29, 0.717) is 0 Å². The maximum atomic E-state index is 2.71. The second-order valence-electron chi connectivity index (χ2n) is 9.69. The summed E-state index contributed by atoms with van der Waals surface area (Å²) in [5.74, 6) is 0. The van der Waals surface area contributed by atoms with Crippen LogP contribution in [0.3, 0.4) is 0 Å². The van der Waals surface area contributed by atoms with Crippen LogP contribution in [0.2, 0.25) is 39.3 Å². The summed E-state index contributed by atoms with van der Waals surface area (Å²) in [6, 6.07) is 0. The minimum atomic E-state index is -1.17. The van der Waals surface area contributed by atoms with Crippen LogP contribution in [0.4, 0.5) is 0 Å². The van der Waals surface area contributed by atoms with Gasteiger partial charge in [0.05, 0.1) is 16.1 Å². The quantitative estimate of drug-likeness (QED) is 0.174. The van der Waals surface area contributed by atoms with Gasteiger partial charge < -0.3 is 0 Å². The van der Waals surface area contributed by atoms with Crippen LogP contribution in [0, 0.1) is 0 Å². The monoisotopic (exact) mass is 366 g/mol. The van der Waals surface area contributed by atoms with Crippen LogP contribution >= 0.6 is 0 Å². The van der Waals surface area contributed by atoms with Gasteiger partial charge >= 0.3 is 0 Å². The highest BCUT2D eigenvalue weighted by Gasteiger charge is 2.17. The summed E-state index contributed by atoms with van der Waals surface area (Å²) in [5.41, 5.74) is 8.88. The third-order valence-electron chi connectivity index (χ3n) is 4.23. The van der Waals surface area contributed by atoms with Gasteiger partial charge in [-0.1, -0.05) is 114 Å². The highest BCUT2D eigenvalue weighted by atomic mass is 28.3. The van der Waals surface area contributed by atoms with Crippen molar-refractivity contribution in [3.05, 3.63) is 22.5 Å². The summed E-state index contributed by atoms with van der Waals surface area (Å²) in [6.07, 6.45) is 13.6. The van der Waals surface area contributed by atoms with Crippen LogP contribution in [0.1, 0.15) is 78.1 Å². The van der Waals surface area contributed by atoms with Crippen molar-refractivity contribution < 1.29 is 0 Å². The number of unbranched alkanes of at least 4 members (excludes halogenated alkanes) is 6. The van der Waals surface area contributed by atoms with E-state index in [9.17, 15) is 0 Å². The number of hydrogen-bond donors (Lipinski definition) is 0. The van der Waals surface area contributed by atoms with E-state index in [1.807, 2.05) is 0 Å². The van der Waals surface area contributed by atoms with Crippen molar-refractivity contribution in [2.75, 3.05) is 0 Å². The fourth-order valence-electron chi connectivity index (χ4n) is 3.18. The molecule has 0 amide bonds. The van der Waals surface area contributed by atoms with Gasteiger partial charge in [-0.15, -0.1) is 0 Å². The third-order valence-corrected chi connectivity index (χ3v) is 6.66. The van der Waals surface area contributed by atoms with Gasteiger partial charge in [0.1, 0.15) is 0 Å². The Kier molecular flexibility index (Phi) is 12.3. The van der Waals surface area contributed by atoms with Gasteiger partial charge in [-0.05, 0) is 25.7 Å². The fraction of sp³-hybridized carbons (Fsp3) is 0.818. The standard InChI is InChI=1S/C22H46Si2/c1-9-11-13-15-17-21(19-23(3,4)5)22(20-24(6,7)8)18-16-14-12-10-2/h19-20H,9-18H2,1-8H3. The lowest BCUT2D eigenvalue weighted by molar-refractivity contribution is 0.648. The molecule has 0 aliphatic rings. The zero-order valence-electron chi connectivity index (χ0n) is 18.2. The Labute approximate surface area is 156 Å². The summed E-state index contributed by atoms with van der Waals surface area (Å²) < 4.78 is 0. The van der Waals surface area contributed by atoms with E-state index in [1.165, 1.54) is 64.2 Å². The molecule has 0 aromatic heterocycles. The summed E-state index contributed by atoms with van der Waals surface area (Å²) in [4.78, 5) is 0. The zero-order valence-corrected chi connectivity index (χ0v) is 20.2. The predicted molar refractivity (Wildman–Crippen MR) is 120 cm³/mol. The lowest BCUT2D eigenvalue weighted by Gasteiger charge is -2.21. The van der Waals surface area contributed by atoms with Gasteiger partial charge in [0.15, 0.2) is 0 Å². The van der Waals surface area contributed by atoms with Gasteiger partial charge in [-0.3, -0.25) is 0 Å². The van der Waals surface area contributed by atoms with Crippen molar-refractivity contribution in [1.82, 2.24) is 0 Å². The van der Waals surface area contributed by atoms with E-state index >= 15 is 0 Å². The molecule has 0 aromatic rings. The highest BCUT2D eigenvalue weighted by Crippen LogP contribution is 2.27. The zero-order chi connectivity index (χ0) is 18.6. The first-order chi connectivity index (χ1) is 11.1. The van der Waals surface area contributed by atoms with Crippen LogP contribution in [0.15, 0.2) is 22.5 Å². The molecule has 0 radical (unpaired) electrons. The molecule has 142 valence electrons. The molecule has 0 bridgehead atoms. The van der Waals surface area contributed by atoms with E-state index in [2.05, 4.69) is 64.5 Å². The van der Waals surface area contributed by atoms with Gasteiger partial charge in [-0.25, -0.2) is 0 Å². The van der Waals surface area contributed by atoms with E-state index in [1.54, 1.807) is 11.1 Å². The summed E-state index contributed by atoms with van der Waals surface area (Å²) in [5, 5.41) is 0. The molecule has 24 heavy (non-hydrogen) atoms. The number of hydrogen-bond acceptors (Lipinski definition) is 0. The molecule has 0 atom stereocenters. The van der Waals surface area contributed by atoms with Crippen LogP contribution in [-0.4, -0.2) is 16.1 Å². The first-order valence-electron chi connectivity index (χ1n) is 10.5. The average molecular weight is 367 g/mol. The Balaban J connectivity index is 5.23. The number of rotatable bonds is 13. The molecule has 0 aromatic carbocycles. The Morgan fingerprint density at radius 2 is 0.875 bits per heavy atom. The van der Waals surface area contributed by atoms with E-state index in [4.69, 9.17) is 0 Å². The average Bonchev–Trinajstić information content (AvgIpc) is 2.43. The molecule has 0 heterocycles. The number of allylic oxidation sites excluding steroid dienone is 2. The van der Waals surface area contributed by atoms with Crippen molar-refractivity contribution in [1.29, 1.82) is 0 Å². The molecular formula is C22H46Si2. The first kappa shape index (κ1) is 23.9. The second-order valence-corrected chi connectivity index (χ2v) is 19.7. The van der Waals surface area contributed by atoms with Gasteiger partial charge in [0.25, 0.3) is 0 Å². The topological polar surface area (TPSA) is 0 Å². The van der Waals surface area contributed by atoms with Crippen LogP contribution in [0.25, 0.3) is 0 Å². The normalized spacial score (nSPS) is 14.3. The summed E-state index contributed by atoms with van der Waals surface area (Å²) in [6.45, 7) is 19.5. The third kappa shape index (κ3) is 14.3. The Morgan fingerprint density at radius 1 is 0.542 bits per heavy atom. The molecule has 0 aliphatic heterocycles. The van der Waals surface area contributed by atoms with Crippen molar-refractivity contribution in [3.8, 4) is 0 Å². The van der Waals surface area contributed by atoms with Gasteiger partial charge in [-0.2, -0.15) is 0 Å². The van der Waals surface area contributed by atoms with Crippen molar-refractivity contribution in [2.45, 2.75) is 117 Å². The fourth-order valence-corrected chi connectivity index (χ4v) is 5.93. The molecular weight excluding hydrogens is 320 g/mol. The van der Waals surface area contributed by atoms with E-state index < -0.39 is 16.1 Å². The second kappa shape index (κ2) is 12.3. The van der Waals surface area contributed by atoms with Gasteiger partial charge in [0, 0.05) is 0 Å². The Bertz CT molecular complexity index is 340. The molecule has 0 aliphatic carbocycles. The smallest absolute Gasteiger partial charge is 0.0690 e. The summed E-state index contributed by atoms with van der Waals surface area (Å²) >= 11 is 0. The van der Waals surface area contributed by atoms with Crippen molar-refractivity contribution in [2.24, 2.45) is 0 Å². The van der Waals surface area contributed by atoms with E-state index in [0.717, 1.165) is 0 Å². The maximum absolute atomic E-state index is 2.71. The van der Waals surface area contributed by atoms with Gasteiger partial charge in [0.2, 0.25) is 0 Å². The van der Waals surface area contributed by atoms with Crippen LogP contribution in [-0.2, 0) is 0 Å². The Hall–Kier alpha value is -0.0862.